The monoisotopic (exact) mass is 674 g/mol. The van der Waals surface area contributed by atoms with Crippen molar-refractivity contribution in [1.29, 1.82) is 0 Å². The Morgan fingerprint density at radius 2 is 0.451 bits per heavy atom. The van der Waals surface area contributed by atoms with Crippen LogP contribution in [0.25, 0.3) is 21.5 Å². The zero-order chi connectivity index (χ0) is 37.3. The van der Waals surface area contributed by atoms with Crippen molar-refractivity contribution in [2.75, 3.05) is 0 Å². The van der Waals surface area contributed by atoms with E-state index in [-0.39, 0.29) is 0 Å². The van der Waals surface area contributed by atoms with Crippen molar-refractivity contribution in [3.63, 3.8) is 0 Å². The lowest BCUT2D eigenvalue weighted by atomic mass is 9.98. The lowest BCUT2D eigenvalue weighted by Crippen LogP contribution is -1.87. The van der Waals surface area contributed by atoms with Gasteiger partial charge in [-0.2, -0.15) is 0 Å². The fourth-order valence-electron chi connectivity index (χ4n) is 5.72. The van der Waals surface area contributed by atoms with Crippen molar-refractivity contribution in [2.45, 2.75) is 88.0 Å². The maximum absolute atomic E-state index is 2.23. The van der Waals surface area contributed by atoms with Gasteiger partial charge in [0.25, 0.3) is 0 Å². The van der Waals surface area contributed by atoms with Crippen molar-refractivity contribution in [1.82, 2.24) is 0 Å². The summed E-state index contributed by atoms with van der Waals surface area (Å²) in [5.41, 5.74) is 9.79. The van der Waals surface area contributed by atoms with Crippen LogP contribution in [-0.4, -0.2) is 0 Å². The predicted octanol–water partition coefficient (Wildman–Crippen LogP) is 14.9. The highest BCUT2D eigenvalue weighted by Gasteiger charge is 2.02. The molecule has 7 aromatic carbocycles. The van der Waals surface area contributed by atoms with Crippen LogP contribution in [0.1, 0.15) is 80.5 Å². The van der Waals surface area contributed by atoms with Crippen LogP contribution >= 0.6 is 0 Å². The molecule has 0 unspecified atom stereocenters. The second kappa shape index (κ2) is 25.1. The quantitative estimate of drug-likeness (QED) is 0.174. The highest BCUT2D eigenvalue weighted by Crippen LogP contribution is 2.24. The molecule has 0 radical (unpaired) electrons. The van der Waals surface area contributed by atoms with Crippen LogP contribution in [0.2, 0.25) is 0 Å². The Labute approximate surface area is 311 Å². The molecule has 0 aliphatic rings. The van der Waals surface area contributed by atoms with Gasteiger partial charge in [0.15, 0.2) is 0 Å². The van der Waals surface area contributed by atoms with E-state index < -0.39 is 0 Å². The summed E-state index contributed by atoms with van der Waals surface area (Å²) in [5.74, 6) is 0. The lowest BCUT2D eigenvalue weighted by Gasteiger charge is -2.07. The summed E-state index contributed by atoms with van der Waals surface area (Å²) in [6, 6.07) is 57.3. The normalized spacial score (nSPS) is 9.59. The van der Waals surface area contributed by atoms with Gasteiger partial charge in [-0.3, -0.25) is 0 Å². The summed E-state index contributed by atoms with van der Waals surface area (Å²) in [7, 11) is 0. The fraction of sp³-hybridized carbons (Fsp3) is 0.255. The fourth-order valence-corrected chi connectivity index (χ4v) is 5.72. The number of hydrogen-bond acceptors (Lipinski definition) is 0. The molecule has 0 bridgehead atoms. The van der Waals surface area contributed by atoms with Gasteiger partial charge >= 0.3 is 0 Å². The van der Waals surface area contributed by atoms with Gasteiger partial charge in [0.05, 0.1) is 0 Å². The Bertz CT molecular complexity index is 1640. The van der Waals surface area contributed by atoms with Gasteiger partial charge < -0.3 is 0 Å². The number of rotatable bonds is 4. The Morgan fingerprint density at radius 1 is 0.255 bits per heavy atom. The number of aryl methyl sites for hydroxylation is 7. The highest BCUT2D eigenvalue weighted by molar-refractivity contribution is 5.89. The lowest BCUT2D eigenvalue weighted by molar-refractivity contribution is 1.14. The minimum Gasteiger partial charge on any atom is -0.0683 e. The first-order valence-electron chi connectivity index (χ1n) is 19.0. The number of hydrogen-bond donors (Lipinski definition) is 0. The van der Waals surface area contributed by atoms with Crippen LogP contribution in [0, 0.1) is 20.8 Å². The van der Waals surface area contributed by atoms with Gasteiger partial charge in [-0.25, -0.2) is 0 Å². The molecule has 0 N–H and O–H groups in total. The second-order valence-electron chi connectivity index (χ2n) is 12.2. The SMILES string of the molecule is CC.CCc1cccc2c(CC)cccc12.CCc1cccc2c(CC)cccc12.Cc1ccccc1.Cc1ccccc1.Cc1ccccc1. The van der Waals surface area contributed by atoms with E-state index in [0.717, 1.165) is 25.7 Å². The molecule has 266 valence electrons. The summed E-state index contributed by atoms with van der Waals surface area (Å²) >= 11 is 0. The smallest absolute Gasteiger partial charge is 0.0149 e. The molecule has 0 aliphatic carbocycles. The van der Waals surface area contributed by atoms with Crippen LogP contribution in [0.15, 0.2) is 164 Å². The summed E-state index contributed by atoms with van der Waals surface area (Å²) in [5, 5.41) is 5.70. The largest absolute Gasteiger partial charge is 0.0683 e. The molecule has 0 aliphatic heterocycles. The van der Waals surface area contributed by atoms with E-state index in [4.69, 9.17) is 0 Å². The van der Waals surface area contributed by atoms with Gasteiger partial charge in [0.1, 0.15) is 0 Å². The van der Waals surface area contributed by atoms with Crippen LogP contribution in [0.4, 0.5) is 0 Å². The number of fused-ring (bicyclic) bond motifs is 2. The second-order valence-corrected chi connectivity index (χ2v) is 12.2. The topological polar surface area (TPSA) is 0 Å². The first kappa shape index (κ1) is 42.2. The summed E-state index contributed by atoms with van der Waals surface area (Å²) in [6.07, 6.45) is 4.46. The standard InChI is InChI=1S/2C14H16.3C7H8.C2H6/c2*1-3-11-7-5-10-14-12(4-2)8-6-9-13(11)14;3*1-7-5-3-2-4-6-7;1-2/h2*5-10H,3-4H2,1-2H3;3*2-6H,1H3;1-2H3. The summed E-state index contributed by atoms with van der Waals surface area (Å²) in [6.45, 7) is 19.1. The Hall–Kier alpha value is -4.94. The molecular formula is C51H62. The molecule has 0 amide bonds. The van der Waals surface area contributed by atoms with Crippen LogP contribution < -0.4 is 0 Å². The van der Waals surface area contributed by atoms with Gasteiger partial charge in [0, 0.05) is 0 Å². The minimum absolute atomic E-state index is 1.12. The zero-order valence-corrected chi connectivity index (χ0v) is 32.9. The molecule has 0 nitrogen and oxygen atoms in total. The van der Waals surface area contributed by atoms with Crippen LogP contribution in [0.5, 0.6) is 0 Å². The molecule has 0 atom stereocenters. The van der Waals surface area contributed by atoms with Crippen molar-refractivity contribution in [3.05, 3.63) is 203 Å². The zero-order valence-electron chi connectivity index (χ0n) is 32.9. The van der Waals surface area contributed by atoms with Crippen molar-refractivity contribution in [2.24, 2.45) is 0 Å². The molecule has 0 saturated carbocycles. The third-order valence-corrected chi connectivity index (χ3v) is 8.55. The Balaban J connectivity index is 0.000000227. The molecule has 0 heterocycles. The average Bonchev–Trinajstić information content (AvgIpc) is 3.19. The molecule has 0 spiro atoms. The van der Waals surface area contributed by atoms with Gasteiger partial charge in [-0.15, -0.1) is 0 Å². The Kier molecular flexibility index (Phi) is 20.8. The third kappa shape index (κ3) is 14.8. The molecule has 0 saturated heterocycles. The maximum atomic E-state index is 2.23. The van der Waals surface area contributed by atoms with Gasteiger partial charge in [-0.1, -0.05) is 222 Å². The predicted molar refractivity (Wildman–Crippen MR) is 230 cm³/mol. The van der Waals surface area contributed by atoms with Crippen LogP contribution in [-0.2, 0) is 25.7 Å². The van der Waals surface area contributed by atoms with Gasteiger partial charge in [0.2, 0.25) is 0 Å². The molecule has 51 heavy (non-hydrogen) atoms. The van der Waals surface area contributed by atoms with E-state index in [1.165, 1.54) is 60.5 Å². The molecular weight excluding hydrogens is 613 g/mol. The first-order valence-corrected chi connectivity index (χ1v) is 19.0. The highest BCUT2D eigenvalue weighted by atomic mass is 14.1. The van der Waals surface area contributed by atoms with Crippen molar-refractivity contribution >= 4 is 21.5 Å². The summed E-state index contributed by atoms with van der Waals surface area (Å²) in [4.78, 5) is 0. The van der Waals surface area contributed by atoms with E-state index in [9.17, 15) is 0 Å². The van der Waals surface area contributed by atoms with Crippen molar-refractivity contribution in [3.8, 4) is 0 Å². The molecule has 0 aromatic heterocycles. The third-order valence-electron chi connectivity index (χ3n) is 8.55. The van der Waals surface area contributed by atoms with E-state index in [1.54, 1.807) is 0 Å². The van der Waals surface area contributed by atoms with Crippen molar-refractivity contribution < 1.29 is 0 Å². The maximum Gasteiger partial charge on any atom is -0.0149 e. The molecule has 0 fully saturated rings. The average molecular weight is 675 g/mol. The molecule has 7 aromatic rings. The number of benzene rings is 7. The van der Waals surface area contributed by atoms with Gasteiger partial charge in [-0.05, 0) is 90.3 Å². The van der Waals surface area contributed by atoms with Crippen LogP contribution in [0.3, 0.4) is 0 Å². The van der Waals surface area contributed by atoms with E-state index in [2.05, 4.69) is 158 Å². The van der Waals surface area contributed by atoms with E-state index in [1.807, 2.05) is 68.4 Å². The van der Waals surface area contributed by atoms with E-state index >= 15 is 0 Å². The molecule has 0 heteroatoms. The molecule has 7 rings (SSSR count). The summed E-state index contributed by atoms with van der Waals surface area (Å²) < 4.78 is 0. The van der Waals surface area contributed by atoms with E-state index in [0.29, 0.717) is 0 Å². The Morgan fingerprint density at radius 3 is 0.588 bits per heavy atom. The first-order chi connectivity index (χ1) is 24.9. The minimum atomic E-state index is 1.12.